The van der Waals surface area contributed by atoms with Crippen molar-refractivity contribution in [2.75, 3.05) is 11.9 Å². The molecule has 2 aromatic carbocycles. The molecule has 13 heteroatoms. The second-order valence-corrected chi connectivity index (χ2v) is 12.9. The fourth-order valence-corrected chi connectivity index (χ4v) is 7.81. The van der Waals surface area contributed by atoms with E-state index < -0.39 is 43.4 Å². The van der Waals surface area contributed by atoms with Crippen molar-refractivity contribution in [3.05, 3.63) is 108 Å². The lowest BCUT2D eigenvalue weighted by Crippen LogP contribution is -2.59. The molecule has 3 N–H and O–H groups in total. The SMILES string of the molecule is CC(Nc1cc(C[N+]2(S(=O)(=O)c3ccc(F)cc3)CCC[C@H]2C(N)=O)cc(-c2ccc(C(F)(F)F)cc2)n1)c1cccnc1. The van der Waals surface area contributed by atoms with E-state index in [4.69, 9.17) is 5.73 Å². The molecule has 5 rings (SSSR count). The zero-order valence-corrected chi connectivity index (χ0v) is 24.4. The van der Waals surface area contributed by atoms with Gasteiger partial charge < -0.3 is 11.1 Å². The Bertz CT molecular complexity index is 1750. The Labute approximate surface area is 252 Å². The van der Waals surface area contributed by atoms with E-state index in [1.807, 2.05) is 13.0 Å². The third-order valence-electron chi connectivity index (χ3n) is 7.89. The van der Waals surface area contributed by atoms with Gasteiger partial charge in [-0.05, 0) is 67.1 Å². The van der Waals surface area contributed by atoms with Gasteiger partial charge in [0.15, 0.2) is 6.04 Å². The van der Waals surface area contributed by atoms with Crippen LogP contribution in [0.2, 0.25) is 0 Å². The lowest BCUT2D eigenvalue weighted by molar-refractivity contribution is -0.823. The summed E-state index contributed by atoms with van der Waals surface area (Å²) in [5.41, 5.74) is 6.89. The first kappa shape index (κ1) is 31.1. The maximum atomic E-state index is 14.2. The molecule has 2 unspecified atom stereocenters. The minimum Gasteiger partial charge on any atom is -0.364 e. The van der Waals surface area contributed by atoms with E-state index in [1.54, 1.807) is 30.6 Å². The number of halogens is 4. The van der Waals surface area contributed by atoms with E-state index in [2.05, 4.69) is 15.3 Å². The van der Waals surface area contributed by atoms with Crippen LogP contribution in [-0.2, 0) is 27.5 Å². The number of primary amides is 1. The maximum absolute atomic E-state index is 14.2. The van der Waals surface area contributed by atoms with E-state index in [0.717, 1.165) is 42.0 Å². The van der Waals surface area contributed by atoms with Crippen molar-refractivity contribution >= 4 is 21.7 Å². The monoisotopic (exact) mass is 628 g/mol. The molecule has 230 valence electrons. The Morgan fingerprint density at radius 1 is 1.09 bits per heavy atom. The number of anilines is 1. The number of likely N-dealkylation sites (tertiary alicyclic amines) is 1. The number of carbonyl (C=O) groups excluding carboxylic acids is 1. The number of pyridine rings is 2. The summed E-state index contributed by atoms with van der Waals surface area (Å²) in [6, 6.07) is 14.4. The molecule has 2 aromatic heterocycles. The van der Waals surface area contributed by atoms with Gasteiger partial charge in [-0.2, -0.15) is 21.6 Å². The second-order valence-electron chi connectivity index (χ2n) is 10.8. The fraction of sp³-hybridized carbons (Fsp3) is 0.258. The molecular weight excluding hydrogens is 598 g/mol. The highest BCUT2D eigenvalue weighted by molar-refractivity contribution is 7.86. The summed E-state index contributed by atoms with van der Waals surface area (Å²) in [5, 5.41) is 3.27. The molecule has 1 aliphatic heterocycles. The summed E-state index contributed by atoms with van der Waals surface area (Å²) in [7, 11) is -4.29. The first-order chi connectivity index (χ1) is 20.8. The Morgan fingerprint density at radius 3 is 2.41 bits per heavy atom. The van der Waals surface area contributed by atoms with Crippen LogP contribution >= 0.6 is 0 Å². The number of amides is 1. The van der Waals surface area contributed by atoms with Gasteiger partial charge in [0.1, 0.15) is 23.1 Å². The molecule has 0 spiro atoms. The summed E-state index contributed by atoms with van der Waals surface area (Å²) in [5.74, 6) is -1.06. The number of carbonyl (C=O) groups is 1. The van der Waals surface area contributed by atoms with Crippen molar-refractivity contribution in [1.29, 1.82) is 0 Å². The number of hydrogen-bond donors (Lipinski definition) is 2. The summed E-state index contributed by atoms with van der Waals surface area (Å²) in [6.07, 6.45) is -0.586. The van der Waals surface area contributed by atoms with E-state index in [9.17, 15) is 30.8 Å². The minimum atomic E-state index is -4.52. The molecule has 1 fully saturated rings. The lowest BCUT2D eigenvalue weighted by Gasteiger charge is -2.37. The highest BCUT2D eigenvalue weighted by Gasteiger charge is 2.55. The van der Waals surface area contributed by atoms with Gasteiger partial charge in [0, 0.05) is 36.4 Å². The normalized spacial score (nSPS) is 19.4. The Balaban J connectivity index is 1.62. The summed E-state index contributed by atoms with van der Waals surface area (Å²) in [6.45, 7) is 1.75. The topological polar surface area (TPSA) is 115 Å². The van der Waals surface area contributed by atoms with E-state index in [0.29, 0.717) is 29.1 Å². The quantitative estimate of drug-likeness (QED) is 0.178. The van der Waals surface area contributed by atoms with Crippen LogP contribution in [0.1, 0.15) is 42.5 Å². The molecule has 3 atom stereocenters. The highest BCUT2D eigenvalue weighted by Crippen LogP contribution is 2.39. The number of nitrogens with zero attached hydrogens (tertiary/aromatic N) is 3. The minimum absolute atomic E-state index is 0.0695. The molecule has 0 bridgehead atoms. The van der Waals surface area contributed by atoms with Crippen molar-refractivity contribution in [2.24, 2.45) is 5.73 Å². The van der Waals surface area contributed by atoms with Crippen molar-refractivity contribution in [3.8, 4) is 11.3 Å². The molecule has 0 aliphatic carbocycles. The fourth-order valence-electron chi connectivity index (χ4n) is 5.67. The third-order valence-corrected chi connectivity index (χ3v) is 10.3. The highest BCUT2D eigenvalue weighted by atomic mass is 32.2. The molecule has 1 amide bonds. The Hall–Kier alpha value is -4.36. The summed E-state index contributed by atoms with van der Waals surface area (Å²) >= 11 is 0. The standard InChI is InChI=1S/C31H29F4N5O3S/c1-20(23-4-2-14-37-18-23)38-29-17-21(16-27(39-29)22-6-8-24(9-7-22)31(33,34)35)19-40(15-3-5-28(40)30(36)41)44(42,43)26-12-10-25(32)11-13-26/h2,4,6-14,16-18,20,28H,3,5,15,19H2,1H3,(H2-,36,38,39,41)/p+1/t20?,28-,40?/m0/s1. The van der Waals surface area contributed by atoms with Crippen LogP contribution in [0.3, 0.4) is 0 Å². The van der Waals surface area contributed by atoms with Crippen LogP contribution in [0.5, 0.6) is 0 Å². The van der Waals surface area contributed by atoms with E-state index in [1.165, 1.54) is 12.1 Å². The molecule has 44 heavy (non-hydrogen) atoms. The van der Waals surface area contributed by atoms with Crippen LogP contribution in [0.4, 0.5) is 23.4 Å². The zero-order chi connectivity index (χ0) is 31.7. The number of benzene rings is 2. The predicted molar refractivity (Wildman–Crippen MR) is 156 cm³/mol. The molecule has 1 saturated heterocycles. The second kappa shape index (κ2) is 12.0. The molecular formula is C31H30F4N5O3S+. The van der Waals surface area contributed by atoms with Crippen molar-refractivity contribution in [2.45, 2.75) is 49.5 Å². The van der Waals surface area contributed by atoms with Crippen LogP contribution in [-0.4, -0.2) is 40.8 Å². The molecule has 1 aliphatic rings. The van der Waals surface area contributed by atoms with Gasteiger partial charge in [0.2, 0.25) is 0 Å². The first-order valence-corrected chi connectivity index (χ1v) is 15.3. The summed E-state index contributed by atoms with van der Waals surface area (Å²) in [4.78, 5) is 21.3. The van der Waals surface area contributed by atoms with Crippen molar-refractivity contribution in [3.63, 3.8) is 0 Å². The number of hydrogen-bond acceptors (Lipinski definition) is 6. The molecule has 0 radical (unpaired) electrons. The smallest absolute Gasteiger partial charge is 0.364 e. The zero-order valence-electron chi connectivity index (χ0n) is 23.6. The predicted octanol–water partition coefficient (Wildman–Crippen LogP) is 5.83. The van der Waals surface area contributed by atoms with E-state index >= 15 is 0 Å². The average molecular weight is 629 g/mol. The van der Waals surface area contributed by atoms with Gasteiger partial charge in [-0.15, -0.1) is 0 Å². The summed E-state index contributed by atoms with van der Waals surface area (Å²) < 4.78 is 81.2. The van der Waals surface area contributed by atoms with Gasteiger partial charge in [-0.1, -0.05) is 18.2 Å². The number of aromatic nitrogens is 2. The van der Waals surface area contributed by atoms with Crippen LogP contribution in [0.15, 0.2) is 90.1 Å². The van der Waals surface area contributed by atoms with Gasteiger partial charge >= 0.3 is 16.2 Å². The number of nitrogens with two attached hydrogens (primary N) is 1. The maximum Gasteiger partial charge on any atom is 0.416 e. The largest absolute Gasteiger partial charge is 0.416 e. The third kappa shape index (κ3) is 6.15. The van der Waals surface area contributed by atoms with Gasteiger partial charge in [-0.25, -0.2) is 13.3 Å². The number of rotatable bonds is 9. The molecule has 8 nitrogen and oxygen atoms in total. The lowest BCUT2D eigenvalue weighted by atomic mass is 10.1. The molecule has 4 aromatic rings. The molecule has 0 saturated carbocycles. The number of sulfonamides is 1. The van der Waals surface area contributed by atoms with E-state index in [-0.39, 0.29) is 30.4 Å². The van der Waals surface area contributed by atoms with Gasteiger partial charge in [-0.3, -0.25) is 9.78 Å². The molecule has 3 heterocycles. The van der Waals surface area contributed by atoms with Crippen molar-refractivity contribution in [1.82, 2.24) is 9.97 Å². The number of nitrogens with one attached hydrogen (secondary N) is 1. The average Bonchev–Trinajstić information content (AvgIpc) is 3.43. The first-order valence-electron chi connectivity index (χ1n) is 13.8. The Morgan fingerprint density at radius 2 is 1.80 bits per heavy atom. The van der Waals surface area contributed by atoms with Crippen LogP contribution in [0.25, 0.3) is 11.3 Å². The van der Waals surface area contributed by atoms with Gasteiger partial charge in [0.25, 0.3) is 5.91 Å². The van der Waals surface area contributed by atoms with Crippen molar-refractivity contribution < 1.29 is 34.7 Å². The van der Waals surface area contributed by atoms with Crippen LogP contribution < -0.4 is 11.1 Å². The van der Waals surface area contributed by atoms with Crippen LogP contribution in [0, 0.1) is 5.82 Å². The van der Waals surface area contributed by atoms with Gasteiger partial charge in [0.05, 0.1) is 23.8 Å². The Kier molecular flexibility index (Phi) is 8.45. The number of quaternary nitrogens is 1. The number of alkyl halides is 3.